The Hall–Kier alpha value is -2.11. The zero-order valence-corrected chi connectivity index (χ0v) is 12.4. The minimum Gasteiger partial charge on any atom is -0.476 e. The highest BCUT2D eigenvalue weighted by Gasteiger charge is 2.09. The number of imidazole rings is 1. The number of aromatic nitrogens is 4. The van der Waals surface area contributed by atoms with Crippen molar-refractivity contribution >= 4 is 5.82 Å². The number of aryl methyl sites for hydroxylation is 1. The van der Waals surface area contributed by atoms with Crippen molar-refractivity contribution < 1.29 is 4.74 Å². The Labute approximate surface area is 119 Å². The molecule has 2 heterocycles. The first-order valence-electron chi connectivity index (χ1n) is 6.68. The van der Waals surface area contributed by atoms with Crippen LogP contribution in [0.2, 0.25) is 0 Å². The van der Waals surface area contributed by atoms with Gasteiger partial charge in [0.25, 0.3) is 0 Å². The van der Waals surface area contributed by atoms with E-state index in [2.05, 4.69) is 28.8 Å². The van der Waals surface area contributed by atoms with Crippen molar-refractivity contribution in [3.63, 3.8) is 0 Å². The molecule has 2 aromatic heterocycles. The van der Waals surface area contributed by atoms with Gasteiger partial charge in [0.05, 0.1) is 25.5 Å². The second-order valence-corrected chi connectivity index (χ2v) is 5.23. The number of hydrogen-bond donors (Lipinski definition) is 0. The van der Waals surface area contributed by atoms with Gasteiger partial charge in [-0.1, -0.05) is 13.8 Å². The molecule has 6 nitrogen and oxygen atoms in total. The maximum absolute atomic E-state index is 5.60. The lowest BCUT2D eigenvalue weighted by atomic mass is 10.2. The smallest absolute Gasteiger partial charge is 0.234 e. The van der Waals surface area contributed by atoms with Crippen LogP contribution in [-0.4, -0.2) is 33.2 Å². The fraction of sp³-hybridized carbons (Fsp3) is 0.500. The van der Waals surface area contributed by atoms with E-state index in [-0.39, 0.29) is 0 Å². The second-order valence-electron chi connectivity index (χ2n) is 5.23. The zero-order chi connectivity index (χ0) is 14.5. The Morgan fingerprint density at radius 3 is 2.80 bits per heavy atom. The lowest BCUT2D eigenvalue weighted by molar-refractivity contribution is 0.260. The number of anilines is 1. The largest absolute Gasteiger partial charge is 0.476 e. The van der Waals surface area contributed by atoms with E-state index in [1.54, 1.807) is 18.6 Å². The SMILES string of the molecule is CC(C)COc1cncc(N(C)Cc2nccn2C)n1. The van der Waals surface area contributed by atoms with Crippen molar-refractivity contribution in [2.24, 2.45) is 13.0 Å². The molecule has 0 unspecified atom stereocenters. The summed E-state index contributed by atoms with van der Waals surface area (Å²) in [5, 5.41) is 0. The number of hydrogen-bond acceptors (Lipinski definition) is 5. The summed E-state index contributed by atoms with van der Waals surface area (Å²) in [7, 11) is 3.94. The van der Waals surface area contributed by atoms with Gasteiger partial charge in [-0.2, -0.15) is 4.98 Å². The average molecular weight is 275 g/mol. The maximum Gasteiger partial charge on any atom is 0.234 e. The van der Waals surface area contributed by atoms with E-state index in [0.29, 0.717) is 24.9 Å². The number of rotatable bonds is 6. The minimum absolute atomic E-state index is 0.464. The molecule has 108 valence electrons. The van der Waals surface area contributed by atoms with Crippen LogP contribution in [0.25, 0.3) is 0 Å². The molecule has 0 N–H and O–H groups in total. The highest BCUT2D eigenvalue weighted by Crippen LogP contribution is 2.15. The van der Waals surface area contributed by atoms with Crippen LogP contribution in [0.15, 0.2) is 24.8 Å². The van der Waals surface area contributed by atoms with E-state index in [0.717, 1.165) is 11.6 Å². The summed E-state index contributed by atoms with van der Waals surface area (Å²) in [6.07, 6.45) is 7.08. The molecule has 0 aliphatic rings. The van der Waals surface area contributed by atoms with Gasteiger partial charge in [-0.3, -0.25) is 4.98 Å². The summed E-state index contributed by atoms with van der Waals surface area (Å²) in [5.74, 6) is 2.77. The van der Waals surface area contributed by atoms with Gasteiger partial charge in [0.2, 0.25) is 5.88 Å². The number of nitrogens with zero attached hydrogens (tertiary/aromatic N) is 5. The van der Waals surface area contributed by atoms with Crippen LogP contribution >= 0.6 is 0 Å². The molecule has 0 aliphatic heterocycles. The van der Waals surface area contributed by atoms with Gasteiger partial charge in [-0.05, 0) is 5.92 Å². The zero-order valence-electron chi connectivity index (χ0n) is 12.4. The molecule has 0 saturated heterocycles. The molecule has 0 spiro atoms. The second kappa shape index (κ2) is 6.36. The van der Waals surface area contributed by atoms with Crippen LogP contribution in [0.5, 0.6) is 5.88 Å². The van der Waals surface area contributed by atoms with Crippen LogP contribution < -0.4 is 9.64 Å². The van der Waals surface area contributed by atoms with Gasteiger partial charge in [0, 0.05) is 26.5 Å². The van der Waals surface area contributed by atoms with Crippen LogP contribution in [-0.2, 0) is 13.6 Å². The Morgan fingerprint density at radius 1 is 1.35 bits per heavy atom. The van der Waals surface area contributed by atoms with E-state index in [9.17, 15) is 0 Å². The third-order valence-corrected chi connectivity index (χ3v) is 2.85. The molecular weight excluding hydrogens is 254 g/mol. The highest BCUT2D eigenvalue weighted by molar-refractivity contribution is 5.36. The Morgan fingerprint density at radius 2 is 2.15 bits per heavy atom. The molecular formula is C14H21N5O. The van der Waals surface area contributed by atoms with Gasteiger partial charge >= 0.3 is 0 Å². The molecule has 6 heteroatoms. The first-order chi connectivity index (χ1) is 9.56. The van der Waals surface area contributed by atoms with Crippen LogP contribution in [0, 0.1) is 5.92 Å². The van der Waals surface area contributed by atoms with Gasteiger partial charge in [-0.15, -0.1) is 0 Å². The van der Waals surface area contributed by atoms with E-state index in [4.69, 9.17) is 4.74 Å². The van der Waals surface area contributed by atoms with Gasteiger partial charge in [0.15, 0.2) is 5.82 Å². The minimum atomic E-state index is 0.464. The molecule has 20 heavy (non-hydrogen) atoms. The first kappa shape index (κ1) is 14.3. The molecule has 2 rings (SSSR count). The Balaban J connectivity index is 2.04. The van der Waals surface area contributed by atoms with E-state index in [1.165, 1.54) is 0 Å². The standard InChI is InChI=1S/C14H21N5O/c1-11(2)10-20-14-8-15-7-12(17-14)19(4)9-13-16-5-6-18(13)3/h5-8,11H,9-10H2,1-4H3. The third kappa shape index (κ3) is 3.69. The summed E-state index contributed by atoms with van der Waals surface area (Å²) in [4.78, 5) is 14.9. The molecule has 2 aromatic rings. The first-order valence-corrected chi connectivity index (χ1v) is 6.68. The molecule has 0 aliphatic carbocycles. The fourth-order valence-electron chi connectivity index (χ4n) is 1.69. The van der Waals surface area contributed by atoms with E-state index >= 15 is 0 Å². The number of ether oxygens (including phenoxy) is 1. The van der Waals surface area contributed by atoms with Crippen LogP contribution in [0.4, 0.5) is 5.82 Å². The lowest BCUT2D eigenvalue weighted by Crippen LogP contribution is -2.20. The monoisotopic (exact) mass is 275 g/mol. The fourth-order valence-corrected chi connectivity index (χ4v) is 1.69. The topological polar surface area (TPSA) is 56.1 Å². The molecule has 0 amide bonds. The van der Waals surface area contributed by atoms with E-state index < -0.39 is 0 Å². The third-order valence-electron chi connectivity index (χ3n) is 2.85. The van der Waals surface area contributed by atoms with Crippen molar-refractivity contribution in [3.8, 4) is 5.88 Å². The Bertz CT molecular complexity index is 552. The van der Waals surface area contributed by atoms with Crippen molar-refractivity contribution in [2.45, 2.75) is 20.4 Å². The van der Waals surface area contributed by atoms with Crippen molar-refractivity contribution in [1.29, 1.82) is 0 Å². The normalized spacial score (nSPS) is 10.8. The Kier molecular flexibility index (Phi) is 4.55. The molecule has 0 bridgehead atoms. The van der Waals surface area contributed by atoms with Crippen molar-refractivity contribution in [1.82, 2.24) is 19.5 Å². The van der Waals surface area contributed by atoms with Gasteiger partial charge in [-0.25, -0.2) is 4.98 Å². The summed E-state index contributed by atoms with van der Waals surface area (Å²) in [6.45, 7) is 5.52. The predicted molar refractivity (Wildman–Crippen MR) is 77.7 cm³/mol. The van der Waals surface area contributed by atoms with Gasteiger partial charge in [0.1, 0.15) is 5.82 Å². The quantitative estimate of drug-likeness (QED) is 0.805. The summed E-state index contributed by atoms with van der Waals surface area (Å²) in [5.41, 5.74) is 0. The van der Waals surface area contributed by atoms with Crippen molar-refractivity contribution in [3.05, 3.63) is 30.6 Å². The van der Waals surface area contributed by atoms with Crippen LogP contribution in [0.3, 0.4) is 0 Å². The highest BCUT2D eigenvalue weighted by atomic mass is 16.5. The molecule has 0 fully saturated rings. The molecule has 0 saturated carbocycles. The lowest BCUT2D eigenvalue weighted by Gasteiger charge is -2.18. The molecule has 0 atom stereocenters. The van der Waals surface area contributed by atoms with Crippen LogP contribution in [0.1, 0.15) is 19.7 Å². The summed E-state index contributed by atoms with van der Waals surface area (Å²) in [6, 6.07) is 0. The van der Waals surface area contributed by atoms with Crippen molar-refractivity contribution in [2.75, 3.05) is 18.6 Å². The maximum atomic E-state index is 5.60. The average Bonchev–Trinajstić information content (AvgIpc) is 2.82. The molecule has 0 aromatic carbocycles. The summed E-state index contributed by atoms with van der Waals surface area (Å²) < 4.78 is 7.59. The van der Waals surface area contributed by atoms with Gasteiger partial charge < -0.3 is 14.2 Å². The van der Waals surface area contributed by atoms with E-state index in [1.807, 2.05) is 29.8 Å². The molecule has 0 radical (unpaired) electrons. The predicted octanol–water partition coefficient (Wildman–Crippen LogP) is 1.88. The summed E-state index contributed by atoms with van der Waals surface area (Å²) >= 11 is 0.